The average Bonchev–Trinajstić information content (AvgIpc) is 3.19. The minimum Gasteiger partial charge on any atom is -0.271 e. The number of aryl methyl sites for hydroxylation is 2. The lowest BCUT2D eigenvalue weighted by atomic mass is 10.2. The summed E-state index contributed by atoms with van der Waals surface area (Å²) in [5, 5.41) is 3.93. The predicted molar refractivity (Wildman–Crippen MR) is 111 cm³/mol. The molecule has 0 saturated carbocycles. The molecule has 3 aromatic heterocycles. The van der Waals surface area contributed by atoms with Crippen LogP contribution in [0.4, 0.5) is 13.2 Å². The zero-order chi connectivity index (χ0) is 22.4. The van der Waals surface area contributed by atoms with Gasteiger partial charge in [-0.1, -0.05) is 13.3 Å². The minimum atomic E-state index is -4.66. The largest absolute Gasteiger partial charge is 0.436 e. The van der Waals surface area contributed by atoms with Gasteiger partial charge in [0.05, 0.1) is 15.6 Å². The Morgan fingerprint density at radius 1 is 1.37 bits per heavy atom. The molecule has 1 unspecified atom stereocenters. The number of thiophene rings is 1. The lowest BCUT2D eigenvalue weighted by molar-refractivity contribution is -0.142. The Morgan fingerprint density at radius 2 is 2.03 bits per heavy atom. The van der Waals surface area contributed by atoms with Gasteiger partial charge in [-0.05, 0) is 49.2 Å². The van der Waals surface area contributed by atoms with E-state index in [9.17, 15) is 22.8 Å². The van der Waals surface area contributed by atoms with Crippen molar-refractivity contribution in [3.63, 3.8) is 0 Å². The van der Waals surface area contributed by atoms with Gasteiger partial charge in [0, 0.05) is 4.88 Å². The van der Waals surface area contributed by atoms with Crippen molar-refractivity contribution in [2.75, 3.05) is 5.43 Å². The van der Waals surface area contributed by atoms with Crippen molar-refractivity contribution in [3.05, 3.63) is 43.0 Å². The molecule has 12 heteroatoms. The fourth-order valence-electron chi connectivity index (χ4n) is 3.00. The summed E-state index contributed by atoms with van der Waals surface area (Å²) in [5.41, 5.74) is 1.05. The number of aromatic nitrogens is 4. The monoisotopic (exact) mass is 505 g/mol. The fraction of sp³-hybridized carbons (Fsp3) is 0.444. The molecule has 3 aromatic rings. The molecule has 0 aliphatic carbocycles. The summed E-state index contributed by atoms with van der Waals surface area (Å²) in [5.74, 6) is -0.426. The molecule has 1 N–H and O–H groups in total. The number of amides is 1. The molecule has 3 heterocycles. The van der Waals surface area contributed by atoms with Crippen LogP contribution in [0.25, 0.3) is 10.2 Å². The second-order valence-electron chi connectivity index (χ2n) is 6.82. The van der Waals surface area contributed by atoms with Gasteiger partial charge < -0.3 is 0 Å². The van der Waals surface area contributed by atoms with Crippen molar-refractivity contribution in [1.29, 1.82) is 0 Å². The highest BCUT2D eigenvalue weighted by Crippen LogP contribution is 2.36. The number of rotatable bonds is 5. The number of fused-ring (bicyclic) bond motifs is 1. The molecule has 162 valence electrons. The number of hydrogen-bond donors (Lipinski definition) is 1. The van der Waals surface area contributed by atoms with Crippen LogP contribution < -0.4 is 11.0 Å². The number of carbonyl (C=O) groups is 1. The van der Waals surface area contributed by atoms with Crippen LogP contribution in [-0.4, -0.2) is 25.3 Å². The highest BCUT2D eigenvalue weighted by Gasteiger charge is 2.39. The number of hydrogen-bond acceptors (Lipinski definition) is 5. The highest BCUT2D eigenvalue weighted by molar-refractivity contribution is 9.10. The van der Waals surface area contributed by atoms with Gasteiger partial charge in [0.1, 0.15) is 16.7 Å². The van der Waals surface area contributed by atoms with Crippen LogP contribution in [-0.2, 0) is 17.4 Å². The molecule has 7 nitrogen and oxygen atoms in total. The topological polar surface area (TPSA) is 81.8 Å². The summed E-state index contributed by atoms with van der Waals surface area (Å²) >= 11 is 4.31. The molecule has 0 aliphatic rings. The summed E-state index contributed by atoms with van der Waals surface area (Å²) in [6.45, 7) is 6.42. The molecule has 0 saturated heterocycles. The van der Waals surface area contributed by atoms with E-state index in [0.29, 0.717) is 10.2 Å². The van der Waals surface area contributed by atoms with Gasteiger partial charge >= 0.3 is 6.18 Å². The van der Waals surface area contributed by atoms with E-state index in [4.69, 9.17) is 0 Å². The number of nitrogens with one attached hydrogen (secondary N) is 1. The van der Waals surface area contributed by atoms with E-state index in [1.165, 1.54) is 25.2 Å². The van der Waals surface area contributed by atoms with Gasteiger partial charge in [0.15, 0.2) is 5.69 Å². The zero-order valence-corrected chi connectivity index (χ0v) is 19.0. The van der Waals surface area contributed by atoms with Gasteiger partial charge in [-0.25, -0.2) is 9.66 Å². The van der Waals surface area contributed by atoms with E-state index in [2.05, 4.69) is 31.4 Å². The average molecular weight is 506 g/mol. The van der Waals surface area contributed by atoms with Crippen molar-refractivity contribution in [1.82, 2.24) is 19.4 Å². The Morgan fingerprint density at radius 3 is 2.60 bits per heavy atom. The van der Waals surface area contributed by atoms with Crippen molar-refractivity contribution in [2.45, 2.75) is 52.8 Å². The first kappa shape index (κ1) is 22.5. The molecule has 0 fully saturated rings. The Kier molecular flexibility index (Phi) is 6.10. The Hall–Kier alpha value is -2.21. The smallest absolute Gasteiger partial charge is 0.271 e. The molecule has 0 aromatic carbocycles. The molecule has 0 radical (unpaired) electrons. The van der Waals surface area contributed by atoms with Crippen LogP contribution in [0.3, 0.4) is 0 Å². The molecular formula is C18H19BrF3N5O2S. The second kappa shape index (κ2) is 8.14. The number of halogens is 4. The summed E-state index contributed by atoms with van der Waals surface area (Å²) in [7, 11) is 0. The Bertz CT molecular complexity index is 1180. The van der Waals surface area contributed by atoms with Gasteiger partial charge in [-0.3, -0.25) is 19.7 Å². The maximum absolute atomic E-state index is 13.1. The van der Waals surface area contributed by atoms with Gasteiger partial charge in [-0.2, -0.15) is 18.3 Å². The van der Waals surface area contributed by atoms with Crippen molar-refractivity contribution < 1.29 is 18.0 Å². The third kappa shape index (κ3) is 4.02. The minimum absolute atomic E-state index is 0.143. The SMILES string of the molecule is CCCc1cc2c(=O)n(NC(=O)C(C)n3nc(C(F)(F)F)c(Br)c3C)c(C)nc2s1. The molecule has 0 spiro atoms. The molecule has 1 amide bonds. The fourth-order valence-corrected chi connectivity index (χ4v) is 4.66. The summed E-state index contributed by atoms with van der Waals surface area (Å²) < 4.78 is 41.1. The van der Waals surface area contributed by atoms with E-state index in [1.807, 2.05) is 6.92 Å². The Balaban J connectivity index is 1.94. The predicted octanol–water partition coefficient (Wildman–Crippen LogP) is 4.34. The van der Waals surface area contributed by atoms with E-state index in [1.54, 1.807) is 13.0 Å². The molecule has 30 heavy (non-hydrogen) atoms. The molecule has 0 bridgehead atoms. The maximum atomic E-state index is 13.1. The molecule has 0 aliphatic heterocycles. The van der Waals surface area contributed by atoms with Crippen molar-refractivity contribution >= 4 is 43.4 Å². The third-order valence-corrected chi connectivity index (χ3v) is 6.63. The second-order valence-corrected chi connectivity index (χ2v) is 8.73. The van der Waals surface area contributed by atoms with Crippen LogP contribution in [0.15, 0.2) is 15.3 Å². The van der Waals surface area contributed by atoms with Crippen LogP contribution in [0.5, 0.6) is 0 Å². The normalized spacial score (nSPS) is 13.1. The zero-order valence-electron chi connectivity index (χ0n) is 16.6. The van der Waals surface area contributed by atoms with Crippen LogP contribution in [0.2, 0.25) is 0 Å². The van der Waals surface area contributed by atoms with E-state index < -0.39 is 29.4 Å². The summed E-state index contributed by atoms with van der Waals surface area (Å²) in [6.07, 6.45) is -2.92. The lowest BCUT2D eigenvalue weighted by Crippen LogP contribution is -2.38. The molecular weight excluding hydrogens is 487 g/mol. The standard InChI is InChI=1S/C18H19BrF3N5O2S/c1-5-6-11-7-12-16(30-11)23-10(4)27(17(12)29)25-15(28)9(3)26-8(2)13(19)14(24-26)18(20,21)22/h7,9H,5-6H2,1-4H3,(H,25,28). The van der Waals surface area contributed by atoms with E-state index in [0.717, 1.165) is 27.1 Å². The number of carbonyl (C=O) groups excluding carboxylic acids is 1. The summed E-state index contributed by atoms with van der Waals surface area (Å²) in [4.78, 5) is 31.6. The molecule has 1 atom stereocenters. The van der Waals surface area contributed by atoms with Crippen molar-refractivity contribution in [2.24, 2.45) is 0 Å². The molecule has 3 rings (SSSR count). The lowest BCUT2D eigenvalue weighted by Gasteiger charge is -2.16. The van der Waals surface area contributed by atoms with Crippen LogP contribution in [0.1, 0.15) is 48.4 Å². The van der Waals surface area contributed by atoms with Gasteiger partial charge in [0.2, 0.25) is 0 Å². The Labute approximate surface area is 182 Å². The van der Waals surface area contributed by atoms with Crippen LogP contribution >= 0.6 is 27.3 Å². The first-order valence-electron chi connectivity index (χ1n) is 9.10. The van der Waals surface area contributed by atoms with Gasteiger partial charge in [-0.15, -0.1) is 11.3 Å². The highest BCUT2D eigenvalue weighted by atomic mass is 79.9. The van der Waals surface area contributed by atoms with Gasteiger partial charge in [0.25, 0.3) is 11.5 Å². The number of alkyl halides is 3. The van der Waals surface area contributed by atoms with Crippen molar-refractivity contribution in [3.8, 4) is 0 Å². The van der Waals surface area contributed by atoms with E-state index >= 15 is 0 Å². The van der Waals surface area contributed by atoms with Crippen LogP contribution in [0, 0.1) is 13.8 Å². The quantitative estimate of drug-likeness (QED) is 0.559. The third-order valence-electron chi connectivity index (χ3n) is 4.59. The van der Waals surface area contributed by atoms with E-state index in [-0.39, 0.29) is 16.0 Å². The first-order chi connectivity index (χ1) is 14.0. The first-order valence-corrected chi connectivity index (χ1v) is 10.7. The maximum Gasteiger partial charge on any atom is 0.436 e. The number of nitrogens with zero attached hydrogens (tertiary/aromatic N) is 4. The summed E-state index contributed by atoms with van der Waals surface area (Å²) in [6, 6.07) is 0.659.